The van der Waals surface area contributed by atoms with Crippen LogP contribution in [-0.4, -0.2) is 102 Å². The molecule has 2 fully saturated rings. The summed E-state index contributed by atoms with van der Waals surface area (Å²) in [6.07, 6.45) is 1.67. The van der Waals surface area contributed by atoms with E-state index in [-0.39, 0.29) is 24.3 Å². The summed E-state index contributed by atoms with van der Waals surface area (Å²) in [6, 6.07) is 10.5. The van der Waals surface area contributed by atoms with Gasteiger partial charge in [0, 0.05) is 44.6 Å². The van der Waals surface area contributed by atoms with E-state index in [1.807, 2.05) is 19.9 Å². The van der Waals surface area contributed by atoms with E-state index in [0.29, 0.717) is 19.4 Å². The number of likely N-dealkylation sites (N-methyl/N-ethyl adjacent to an activating group) is 1. The molecular weight excluding hydrogens is 473 g/mol. The molecule has 2 aliphatic heterocycles. The first-order chi connectivity index (χ1) is 17.6. The van der Waals surface area contributed by atoms with Gasteiger partial charge in [0.15, 0.2) is 0 Å². The molecular formula is C26H38BN5O5. The third-order valence-electron chi connectivity index (χ3n) is 7.05. The Morgan fingerprint density at radius 2 is 1.89 bits per heavy atom. The van der Waals surface area contributed by atoms with Crippen LogP contribution < -0.4 is 5.32 Å². The quantitative estimate of drug-likeness (QED) is 0.271. The molecule has 0 spiro atoms. The van der Waals surface area contributed by atoms with E-state index in [0.717, 1.165) is 31.7 Å². The standard InChI is InChI=1S/C26H38BN5O5/c1-26(2,32-14-12-30(3)13-15-32)16-21(18-28)24(33)31-11-7-10-22(19-31)37-25(34)29-23(17-27(35)36)20-8-5-4-6-9-20/h4-6,8-9,16,22-23,35-36H,7,10-15,17,19H2,1-3H3,(H,29,34)/t22-,23+/m0/s1. The van der Waals surface area contributed by atoms with Gasteiger partial charge in [-0.25, -0.2) is 4.79 Å². The lowest BCUT2D eigenvalue weighted by molar-refractivity contribution is -0.129. The topological polar surface area (TPSA) is 129 Å². The number of rotatable bonds is 8. The Hall–Kier alpha value is -2.91. The number of amides is 2. The lowest BCUT2D eigenvalue weighted by Crippen LogP contribution is -2.53. The summed E-state index contributed by atoms with van der Waals surface area (Å²) in [5.74, 6) is -0.357. The van der Waals surface area contributed by atoms with Crippen molar-refractivity contribution >= 4 is 19.1 Å². The summed E-state index contributed by atoms with van der Waals surface area (Å²) >= 11 is 0. The number of nitrogens with one attached hydrogen (secondary N) is 1. The second-order valence-corrected chi connectivity index (χ2v) is 10.4. The molecule has 0 saturated carbocycles. The second-order valence-electron chi connectivity index (χ2n) is 10.4. The van der Waals surface area contributed by atoms with Crippen molar-refractivity contribution in [3.63, 3.8) is 0 Å². The molecule has 3 N–H and O–H groups in total. The van der Waals surface area contributed by atoms with Crippen LogP contribution in [0.25, 0.3) is 0 Å². The maximum atomic E-state index is 13.3. The van der Waals surface area contributed by atoms with Gasteiger partial charge in [-0.3, -0.25) is 9.69 Å². The minimum Gasteiger partial charge on any atom is -0.444 e. The molecule has 2 saturated heterocycles. The number of alkyl carbamates (subject to hydrolysis) is 1. The third kappa shape index (κ3) is 8.30. The van der Waals surface area contributed by atoms with Crippen LogP contribution in [0, 0.1) is 11.3 Å². The van der Waals surface area contributed by atoms with Crippen molar-refractivity contribution < 1.29 is 24.4 Å². The van der Waals surface area contributed by atoms with Gasteiger partial charge >= 0.3 is 13.2 Å². The highest BCUT2D eigenvalue weighted by molar-refractivity contribution is 6.41. The molecule has 0 bridgehead atoms. The SMILES string of the molecule is CN1CCN(C(C)(C)C=C(C#N)C(=O)N2CCC[C@H](OC(=O)N[C@H](CB(O)O)c3ccccc3)C2)CC1. The van der Waals surface area contributed by atoms with Crippen molar-refractivity contribution in [2.45, 2.75) is 50.7 Å². The van der Waals surface area contributed by atoms with E-state index < -0.39 is 30.9 Å². The zero-order valence-corrected chi connectivity index (χ0v) is 22.0. The monoisotopic (exact) mass is 511 g/mol. The number of benzene rings is 1. The summed E-state index contributed by atoms with van der Waals surface area (Å²) in [4.78, 5) is 32.0. The number of nitriles is 1. The maximum absolute atomic E-state index is 13.3. The molecule has 0 unspecified atom stereocenters. The number of piperidine rings is 1. The van der Waals surface area contributed by atoms with Crippen molar-refractivity contribution in [3.05, 3.63) is 47.5 Å². The zero-order chi connectivity index (χ0) is 27.0. The molecule has 2 atom stereocenters. The molecule has 2 aliphatic rings. The molecule has 2 heterocycles. The summed E-state index contributed by atoms with van der Waals surface area (Å²) in [6.45, 7) is 8.30. The second kappa shape index (κ2) is 13.1. The Morgan fingerprint density at radius 1 is 1.22 bits per heavy atom. The molecule has 0 aliphatic carbocycles. The van der Waals surface area contributed by atoms with Gasteiger partial charge in [-0.05, 0) is 45.4 Å². The van der Waals surface area contributed by atoms with Crippen LogP contribution in [0.5, 0.6) is 0 Å². The highest BCUT2D eigenvalue weighted by Gasteiger charge is 2.32. The molecule has 2 amide bonds. The van der Waals surface area contributed by atoms with E-state index in [1.54, 1.807) is 35.2 Å². The first-order valence-corrected chi connectivity index (χ1v) is 12.8. The molecule has 200 valence electrons. The molecule has 0 aromatic heterocycles. The number of piperazine rings is 1. The Bertz CT molecular complexity index is 989. The predicted octanol–water partition coefficient (Wildman–Crippen LogP) is 1.39. The summed E-state index contributed by atoms with van der Waals surface area (Å²) in [7, 11) is 0.483. The Labute approximate surface area is 219 Å². The van der Waals surface area contributed by atoms with Crippen molar-refractivity contribution in [1.82, 2.24) is 20.0 Å². The van der Waals surface area contributed by atoms with Gasteiger partial charge in [0.2, 0.25) is 0 Å². The van der Waals surface area contributed by atoms with Gasteiger partial charge in [-0.2, -0.15) is 5.26 Å². The fourth-order valence-electron chi connectivity index (χ4n) is 4.86. The first-order valence-electron chi connectivity index (χ1n) is 12.8. The minimum atomic E-state index is -1.60. The van der Waals surface area contributed by atoms with Crippen molar-refractivity contribution in [2.24, 2.45) is 0 Å². The van der Waals surface area contributed by atoms with E-state index in [2.05, 4.69) is 28.2 Å². The fraction of sp³-hybridized carbons (Fsp3) is 0.577. The zero-order valence-electron chi connectivity index (χ0n) is 22.0. The lowest BCUT2D eigenvalue weighted by atomic mass is 9.79. The number of ether oxygens (including phenoxy) is 1. The average molecular weight is 511 g/mol. The van der Waals surface area contributed by atoms with E-state index in [9.17, 15) is 24.9 Å². The van der Waals surface area contributed by atoms with Crippen LogP contribution in [0.4, 0.5) is 4.79 Å². The lowest BCUT2D eigenvalue weighted by Gasteiger charge is -2.42. The first kappa shape index (κ1) is 28.7. The number of nitrogens with zero attached hydrogens (tertiary/aromatic N) is 4. The fourth-order valence-corrected chi connectivity index (χ4v) is 4.86. The van der Waals surface area contributed by atoms with Gasteiger partial charge in [-0.15, -0.1) is 0 Å². The van der Waals surface area contributed by atoms with Gasteiger partial charge in [0.1, 0.15) is 17.7 Å². The summed E-state index contributed by atoms with van der Waals surface area (Å²) in [5.41, 5.74) is 0.368. The molecule has 3 rings (SSSR count). The molecule has 1 aromatic carbocycles. The van der Waals surface area contributed by atoms with Gasteiger partial charge in [-0.1, -0.05) is 30.3 Å². The Balaban J connectivity index is 1.61. The molecule has 37 heavy (non-hydrogen) atoms. The van der Waals surface area contributed by atoms with Crippen molar-refractivity contribution in [1.29, 1.82) is 5.26 Å². The Morgan fingerprint density at radius 3 is 2.51 bits per heavy atom. The highest BCUT2D eigenvalue weighted by atomic mass is 16.6. The van der Waals surface area contributed by atoms with Gasteiger partial charge < -0.3 is 29.9 Å². The predicted molar refractivity (Wildman–Crippen MR) is 140 cm³/mol. The van der Waals surface area contributed by atoms with Gasteiger partial charge in [0.25, 0.3) is 5.91 Å². The molecule has 0 radical (unpaired) electrons. The summed E-state index contributed by atoms with van der Waals surface area (Å²) < 4.78 is 5.60. The molecule has 1 aromatic rings. The molecule has 10 nitrogen and oxygen atoms in total. The number of hydrogen-bond acceptors (Lipinski definition) is 8. The smallest absolute Gasteiger partial charge is 0.444 e. The number of likely N-dealkylation sites (tertiary alicyclic amines) is 1. The largest absolute Gasteiger partial charge is 0.453 e. The Kier molecular flexibility index (Phi) is 10.1. The number of carbonyl (C=O) groups is 2. The van der Waals surface area contributed by atoms with Crippen molar-refractivity contribution in [3.8, 4) is 6.07 Å². The maximum Gasteiger partial charge on any atom is 0.453 e. The molecule has 11 heteroatoms. The van der Waals surface area contributed by atoms with Crippen LogP contribution >= 0.6 is 0 Å². The summed E-state index contributed by atoms with van der Waals surface area (Å²) in [5, 5.41) is 31.4. The van der Waals surface area contributed by atoms with Crippen molar-refractivity contribution in [2.75, 3.05) is 46.3 Å². The average Bonchev–Trinajstić information content (AvgIpc) is 2.87. The van der Waals surface area contributed by atoms with Crippen LogP contribution in [0.3, 0.4) is 0 Å². The number of hydrogen-bond donors (Lipinski definition) is 3. The number of carbonyl (C=O) groups excluding carboxylic acids is 2. The van der Waals surface area contributed by atoms with Crippen LogP contribution in [0.1, 0.15) is 38.3 Å². The normalized spacial score (nSPS) is 20.6. The van der Waals surface area contributed by atoms with E-state index in [4.69, 9.17) is 4.74 Å². The van der Waals surface area contributed by atoms with E-state index >= 15 is 0 Å². The highest BCUT2D eigenvalue weighted by Crippen LogP contribution is 2.23. The van der Waals surface area contributed by atoms with Gasteiger partial charge in [0.05, 0.1) is 12.6 Å². The third-order valence-corrected chi connectivity index (χ3v) is 7.05. The van der Waals surface area contributed by atoms with E-state index in [1.165, 1.54) is 0 Å². The van der Waals surface area contributed by atoms with Crippen LogP contribution in [0.2, 0.25) is 6.32 Å². The van der Waals surface area contributed by atoms with Crippen LogP contribution in [0.15, 0.2) is 42.0 Å². The minimum absolute atomic E-state index is 0.0895. The van der Waals surface area contributed by atoms with Crippen LogP contribution in [-0.2, 0) is 9.53 Å².